The average molecular weight is 273 g/mol. The molecule has 0 bridgehead atoms. The molecule has 1 aromatic carbocycles. The van der Waals surface area contributed by atoms with Crippen molar-refractivity contribution in [3.63, 3.8) is 0 Å². The number of benzene rings is 1. The molecule has 1 aliphatic carbocycles. The Hall–Kier alpha value is -1.39. The van der Waals surface area contributed by atoms with Gasteiger partial charge in [0.2, 0.25) is 0 Å². The Morgan fingerprint density at radius 1 is 1.25 bits per heavy atom. The molecule has 2 heterocycles. The molecule has 3 nitrogen and oxygen atoms in total. The van der Waals surface area contributed by atoms with Crippen LogP contribution in [0.2, 0.25) is 0 Å². The van der Waals surface area contributed by atoms with E-state index < -0.39 is 0 Å². The lowest BCUT2D eigenvalue weighted by atomic mass is 10.1. The van der Waals surface area contributed by atoms with Gasteiger partial charge in [-0.3, -0.25) is 0 Å². The molecule has 20 heavy (non-hydrogen) atoms. The molecule has 4 rings (SSSR count). The number of H-pyrrole nitrogens is 1. The van der Waals surface area contributed by atoms with Gasteiger partial charge in [-0.1, -0.05) is 6.07 Å². The molecule has 0 spiro atoms. The van der Waals surface area contributed by atoms with E-state index in [0.29, 0.717) is 11.8 Å². The Morgan fingerprint density at radius 2 is 2.10 bits per heavy atom. The molecule has 2 fully saturated rings. The third-order valence-electron chi connectivity index (χ3n) is 4.71. The monoisotopic (exact) mass is 273 g/mol. The first kappa shape index (κ1) is 12.4. The second-order valence-electron chi connectivity index (χ2n) is 6.06. The molecule has 2 atom stereocenters. The van der Waals surface area contributed by atoms with Crippen LogP contribution < -0.4 is 5.32 Å². The number of aromatic nitrogens is 1. The van der Waals surface area contributed by atoms with Crippen molar-refractivity contribution in [1.82, 2.24) is 15.2 Å². The van der Waals surface area contributed by atoms with E-state index in [-0.39, 0.29) is 5.82 Å². The molecule has 0 unspecified atom stereocenters. The van der Waals surface area contributed by atoms with Gasteiger partial charge in [-0.25, -0.2) is 4.39 Å². The van der Waals surface area contributed by atoms with Gasteiger partial charge in [-0.15, -0.1) is 0 Å². The Balaban J connectivity index is 1.51. The summed E-state index contributed by atoms with van der Waals surface area (Å²) in [5.41, 5.74) is 2.10. The Morgan fingerprint density at radius 3 is 2.95 bits per heavy atom. The standard InChI is InChI=1S/C16H20FN3/c17-14-2-1-3-15-16(14)13(9-19-15)12-8-11(12)10-20-6-4-18-5-7-20/h1-3,9,11-12,18-19H,4-8,10H2/t11-,12+/m0/s1. The van der Waals surface area contributed by atoms with Crippen molar-refractivity contribution >= 4 is 10.9 Å². The van der Waals surface area contributed by atoms with Crippen molar-refractivity contribution in [2.75, 3.05) is 32.7 Å². The first-order valence-electron chi connectivity index (χ1n) is 7.51. The van der Waals surface area contributed by atoms with E-state index >= 15 is 0 Å². The van der Waals surface area contributed by atoms with Crippen LogP contribution in [0.25, 0.3) is 10.9 Å². The van der Waals surface area contributed by atoms with Gasteiger partial charge in [0, 0.05) is 49.8 Å². The Bertz CT molecular complexity index is 615. The molecule has 2 aliphatic rings. The molecular weight excluding hydrogens is 253 g/mol. The van der Waals surface area contributed by atoms with Crippen molar-refractivity contribution in [3.05, 3.63) is 35.8 Å². The van der Waals surface area contributed by atoms with Gasteiger partial charge in [0.1, 0.15) is 5.82 Å². The molecule has 0 radical (unpaired) electrons. The molecule has 2 N–H and O–H groups in total. The lowest BCUT2D eigenvalue weighted by Crippen LogP contribution is -2.44. The highest BCUT2D eigenvalue weighted by Gasteiger charge is 2.41. The van der Waals surface area contributed by atoms with Crippen LogP contribution in [0.1, 0.15) is 17.9 Å². The fraction of sp³-hybridized carbons (Fsp3) is 0.500. The molecule has 1 aromatic heterocycles. The second-order valence-corrected chi connectivity index (χ2v) is 6.06. The third kappa shape index (κ3) is 2.13. The molecular formula is C16H20FN3. The molecule has 1 saturated carbocycles. The minimum atomic E-state index is -0.0911. The highest BCUT2D eigenvalue weighted by molar-refractivity contribution is 5.84. The fourth-order valence-corrected chi connectivity index (χ4v) is 3.51. The maximum absolute atomic E-state index is 14.0. The van der Waals surface area contributed by atoms with Gasteiger partial charge in [-0.2, -0.15) is 0 Å². The number of nitrogens with one attached hydrogen (secondary N) is 2. The van der Waals surface area contributed by atoms with Gasteiger partial charge in [0.15, 0.2) is 0 Å². The predicted molar refractivity (Wildman–Crippen MR) is 78.4 cm³/mol. The van der Waals surface area contributed by atoms with Crippen LogP contribution >= 0.6 is 0 Å². The van der Waals surface area contributed by atoms with Crippen LogP contribution in [0.15, 0.2) is 24.4 Å². The van der Waals surface area contributed by atoms with Crippen molar-refractivity contribution in [2.45, 2.75) is 12.3 Å². The quantitative estimate of drug-likeness (QED) is 0.899. The number of hydrogen-bond donors (Lipinski definition) is 2. The van der Waals surface area contributed by atoms with Crippen LogP contribution in [0.3, 0.4) is 0 Å². The summed E-state index contributed by atoms with van der Waals surface area (Å²) in [4.78, 5) is 5.75. The summed E-state index contributed by atoms with van der Waals surface area (Å²) in [5.74, 6) is 1.15. The smallest absolute Gasteiger partial charge is 0.132 e. The summed E-state index contributed by atoms with van der Waals surface area (Å²) in [6.07, 6.45) is 3.21. The van der Waals surface area contributed by atoms with Gasteiger partial charge >= 0.3 is 0 Å². The average Bonchev–Trinajstić information content (AvgIpc) is 3.08. The predicted octanol–water partition coefficient (Wildman–Crippen LogP) is 2.32. The minimum absolute atomic E-state index is 0.0911. The minimum Gasteiger partial charge on any atom is -0.361 e. The maximum atomic E-state index is 14.0. The van der Waals surface area contributed by atoms with Gasteiger partial charge in [0.05, 0.1) is 0 Å². The van der Waals surface area contributed by atoms with Crippen LogP contribution in [-0.4, -0.2) is 42.6 Å². The highest BCUT2D eigenvalue weighted by Crippen LogP contribution is 2.50. The normalized spacial score (nSPS) is 27.1. The van der Waals surface area contributed by atoms with Crippen molar-refractivity contribution < 1.29 is 4.39 Å². The van der Waals surface area contributed by atoms with Crippen molar-refractivity contribution in [2.24, 2.45) is 5.92 Å². The Kier molecular flexibility index (Phi) is 3.00. The van der Waals surface area contributed by atoms with Crippen molar-refractivity contribution in [3.8, 4) is 0 Å². The van der Waals surface area contributed by atoms with Gasteiger partial charge in [0.25, 0.3) is 0 Å². The molecule has 1 aliphatic heterocycles. The van der Waals surface area contributed by atoms with Gasteiger partial charge < -0.3 is 15.2 Å². The zero-order valence-electron chi connectivity index (χ0n) is 11.5. The topological polar surface area (TPSA) is 31.1 Å². The first-order valence-corrected chi connectivity index (χ1v) is 7.51. The van der Waals surface area contributed by atoms with Crippen molar-refractivity contribution in [1.29, 1.82) is 0 Å². The third-order valence-corrected chi connectivity index (χ3v) is 4.71. The SMILES string of the molecule is Fc1cccc2[nH]cc([C@@H]3C[C@H]3CN3CCNCC3)c12. The Labute approximate surface area is 118 Å². The molecule has 4 heteroatoms. The van der Waals surface area contributed by atoms with E-state index in [1.807, 2.05) is 12.3 Å². The zero-order chi connectivity index (χ0) is 13.5. The number of fused-ring (bicyclic) bond motifs is 1. The van der Waals surface area contributed by atoms with Gasteiger partial charge in [-0.05, 0) is 36.0 Å². The van der Waals surface area contributed by atoms with E-state index in [1.54, 1.807) is 12.1 Å². The number of rotatable bonds is 3. The van der Waals surface area contributed by atoms with E-state index in [0.717, 1.165) is 43.6 Å². The largest absolute Gasteiger partial charge is 0.361 e. The first-order chi connectivity index (χ1) is 9.83. The number of aromatic amines is 1. The summed E-state index contributed by atoms with van der Waals surface area (Å²) < 4.78 is 14.0. The summed E-state index contributed by atoms with van der Waals surface area (Å²) in [6, 6.07) is 5.28. The summed E-state index contributed by atoms with van der Waals surface area (Å²) in [7, 11) is 0. The lowest BCUT2D eigenvalue weighted by molar-refractivity contribution is 0.231. The molecule has 1 saturated heterocycles. The van der Waals surface area contributed by atoms with E-state index in [9.17, 15) is 4.39 Å². The van der Waals surface area contributed by atoms with E-state index in [1.165, 1.54) is 12.0 Å². The number of piperazine rings is 1. The fourth-order valence-electron chi connectivity index (χ4n) is 3.51. The number of hydrogen-bond acceptors (Lipinski definition) is 2. The summed E-state index contributed by atoms with van der Waals surface area (Å²) in [5, 5.41) is 4.19. The lowest BCUT2D eigenvalue weighted by Gasteiger charge is -2.27. The van der Waals surface area contributed by atoms with E-state index in [4.69, 9.17) is 0 Å². The molecule has 106 valence electrons. The van der Waals surface area contributed by atoms with Crippen LogP contribution in [-0.2, 0) is 0 Å². The summed E-state index contributed by atoms with van der Waals surface area (Å²) >= 11 is 0. The zero-order valence-corrected chi connectivity index (χ0v) is 11.5. The highest BCUT2D eigenvalue weighted by atomic mass is 19.1. The summed E-state index contributed by atoms with van der Waals surface area (Å²) in [6.45, 7) is 5.64. The van der Waals surface area contributed by atoms with E-state index in [2.05, 4.69) is 15.2 Å². The second kappa shape index (κ2) is 4.86. The van der Waals surface area contributed by atoms with Crippen LogP contribution in [0.4, 0.5) is 4.39 Å². The number of nitrogens with zero attached hydrogens (tertiary/aromatic N) is 1. The maximum Gasteiger partial charge on any atom is 0.132 e. The van der Waals surface area contributed by atoms with Crippen LogP contribution in [0.5, 0.6) is 0 Å². The molecule has 2 aromatic rings. The van der Waals surface area contributed by atoms with Crippen LogP contribution in [0, 0.1) is 11.7 Å². The molecule has 0 amide bonds. The number of halogens is 1.